The van der Waals surface area contributed by atoms with Gasteiger partial charge >= 0.3 is 0 Å². The zero-order valence-electron chi connectivity index (χ0n) is 13.2. The number of aryl methyl sites for hydroxylation is 1. The van der Waals surface area contributed by atoms with Crippen LogP contribution in [-0.4, -0.2) is 55.3 Å². The molecule has 4 heterocycles. The maximum Gasteiger partial charge on any atom is 0.274 e. The SMILES string of the molecule is Cn1ccc(C(=O)N2CC3(CC(Oc4ncccc4F)CS3)C2)n1. The number of nitrogens with zero attached hydrogens (tertiary/aromatic N) is 4. The quantitative estimate of drug-likeness (QED) is 0.845. The van der Waals surface area contributed by atoms with Gasteiger partial charge in [0.05, 0.1) is 4.75 Å². The number of amides is 1. The molecule has 6 nitrogen and oxygen atoms in total. The second kappa shape index (κ2) is 5.77. The van der Waals surface area contributed by atoms with Crippen LogP contribution < -0.4 is 4.74 Å². The average Bonchev–Trinajstić information content (AvgIpc) is 3.14. The number of aromatic nitrogens is 3. The molecule has 24 heavy (non-hydrogen) atoms. The number of carbonyl (C=O) groups excluding carboxylic acids is 1. The predicted octanol–water partition coefficient (Wildman–Crippen LogP) is 1.73. The Kier molecular flexibility index (Phi) is 3.71. The number of carbonyl (C=O) groups is 1. The Balaban J connectivity index is 1.35. The highest BCUT2D eigenvalue weighted by atomic mass is 32.2. The van der Waals surface area contributed by atoms with Gasteiger partial charge in [0.2, 0.25) is 0 Å². The summed E-state index contributed by atoms with van der Waals surface area (Å²) in [6.07, 6.45) is 4.00. The van der Waals surface area contributed by atoms with E-state index in [9.17, 15) is 9.18 Å². The van der Waals surface area contributed by atoms with E-state index < -0.39 is 5.82 Å². The number of pyridine rings is 1. The van der Waals surface area contributed by atoms with E-state index in [2.05, 4.69) is 10.1 Å². The number of halogens is 1. The highest BCUT2D eigenvalue weighted by Gasteiger charge is 2.51. The standard InChI is InChI=1S/C16H17FN4O2S/c1-20-6-4-13(19-20)15(22)21-9-16(10-21)7-11(8-24-16)23-14-12(17)3-2-5-18-14/h2-6,11H,7-10H2,1H3. The lowest BCUT2D eigenvalue weighted by atomic mass is 9.92. The monoisotopic (exact) mass is 348 g/mol. The van der Waals surface area contributed by atoms with Crippen LogP contribution in [0, 0.1) is 5.82 Å². The van der Waals surface area contributed by atoms with Crippen LogP contribution in [0.15, 0.2) is 30.6 Å². The van der Waals surface area contributed by atoms with E-state index >= 15 is 0 Å². The molecule has 0 saturated carbocycles. The van der Waals surface area contributed by atoms with Crippen molar-refractivity contribution in [2.45, 2.75) is 17.3 Å². The first-order valence-corrected chi connectivity index (χ1v) is 8.73. The Morgan fingerprint density at radius 3 is 3.00 bits per heavy atom. The molecule has 1 spiro atoms. The molecule has 4 rings (SSSR count). The van der Waals surface area contributed by atoms with Crippen LogP contribution in [-0.2, 0) is 7.05 Å². The highest BCUT2D eigenvalue weighted by Crippen LogP contribution is 2.46. The van der Waals surface area contributed by atoms with Gasteiger partial charge in [-0.2, -0.15) is 5.10 Å². The minimum absolute atomic E-state index is 0.0142. The zero-order chi connectivity index (χ0) is 16.7. The number of thioether (sulfide) groups is 1. The van der Waals surface area contributed by atoms with Gasteiger partial charge in [-0.3, -0.25) is 9.48 Å². The number of hydrogen-bond donors (Lipinski definition) is 0. The molecule has 0 N–H and O–H groups in total. The normalized spacial score (nSPS) is 21.8. The van der Waals surface area contributed by atoms with Crippen LogP contribution in [0.2, 0.25) is 0 Å². The molecule has 2 aromatic rings. The van der Waals surface area contributed by atoms with Crippen LogP contribution in [0.4, 0.5) is 4.39 Å². The lowest BCUT2D eigenvalue weighted by Gasteiger charge is -2.47. The maximum atomic E-state index is 13.6. The molecule has 1 amide bonds. The van der Waals surface area contributed by atoms with Gasteiger partial charge in [0, 0.05) is 44.7 Å². The molecule has 0 aliphatic carbocycles. The smallest absolute Gasteiger partial charge is 0.274 e. The summed E-state index contributed by atoms with van der Waals surface area (Å²) in [6.45, 7) is 1.36. The van der Waals surface area contributed by atoms with Crippen LogP contribution in [0.3, 0.4) is 0 Å². The first-order chi connectivity index (χ1) is 11.5. The third kappa shape index (κ3) is 2.75. The average molecular weight is 348 g/mol. The fraction of sp³-hybridized carbons (Fsp3) is 0.438. The third-order valence-electron chi connectivity index (χ3n) is 4.36. The summed E-state index contributed by atoms with van der Waals surface area (Å²) in [6, 6.07) is 4.61. The molecule has 2 aliphatic heterocycles. The summed E-state index contributed by atoms with van der Waals surface area (Å²) in [5.74, 6) is 0.355. The Bertz CT molecular complexity index is 775. The van der Waals surface area contributed by atoms with Crippen molar-refractivity contribution in [3.05, 3.63) is 42.1 Å². The van der Waals surface area contributed by atoms with E-state index in [4.69, 9.17) is 4.74 Å². The number of rotatable bonds is 3. The Morgan fingerprint density at radius 2 is 2.29 bits per heavy atom. The Morgan fingerprint density at radius 1 is 1.46 bits per heavy atom. The van der Waals surface area contributed by atoms with Crippen LogP contribution in [0.5, 0.6) is 5.88 Å². The first kappa shape index (κ1) is 15.4. The van der Waals surface area contributed by atoms with Gasteiger partial charge < -0.3 is 9.64 Å². The third-order valence-corrected chi connectivity index (χ3v) is 5.93. The molecule has 0 radical (unpaired) electrons. The van der Waals surface area contributed by atoms with Crippen molar-refractivity contribution in [2.75, 3.05) is 18.8 Å². The summed E-state index contributed by atoms with van der Waals surface area (Å²) >= 11 is 1.79. The van der Waals surface area contributed by atoms with E-state index in [0.29, 0.717) is 18.8 Å². The van der Waals surface area contributed by atoms with Crippen LogP contribution in [0.25, 0.3) is 0 Å². The summed E-state index contributed by atoms with van der Waals surface area (Å²) in [4.78, 5) is 18.1. The summed E-state index contributed by atoms with van der Waals surface area (Å²) in [7, 11) is 1.79. The number of hydrogen-bond acceptors (Lipinski definition) is 5. The maximum absolute atomic E-state index is 13.6. The van der Waals surface area contributed by atoms with E-state index in [0.717, 1.165) is 12.2 Å². The minimum Gasteiger partial charge on any atom is -0.471 e. The summed E-state index contributed by atoms with van der Waals surface area (Å²) < 4.78 is 21.0. The van der Waals surface area contributed by atoms with Gasteiger partial charge in [-0.15, -0.1) is 11.8 Å². The summed E-state index contributed by atoms with van der Waals surface area (Å²) in [5.41, 5.74) is 0.471. The van der Waals surface area contributed by atoms with E-state index in [1.807, 2.05) is 0 Å². The molecule has 126 valence electrons. The van der Waals surface area contributed by atoms with Gasteiger partial charge in [-0.25, -0.2) is 9.37 Å². The number of ether oxygens (including phenoxy) is 1. The second-order valence-corrected chi connectivity index (χ2v) is 7.75. The van der Waals surface area contributed by atoms with Crippen LogP contribution in [0.1, 0.15) is 16.9 Å². The molecule has 1 atom stereocenters. The molecular weight excluding hydrogens is 331 g/mol. The molecule has 0 aromatic carbocycles. The van der Waals surface area contributed by atoms with Crippen molar-refractivity contribution in [2.24, 2.45) is 7.05 Å². The van der Waals surface area contributed by atoms with Gasteiger partial charge in [0.1, 0.15) is 11.8 Å². The molecule has 2 aromatic heterocycles. The fourth-order valence-corrected chi connectivity index (χ4v) is 4.72. The van der Waals surface area contributed by atoms with E-state index in [1.54, 1.807) is 46.7 Å². The first-order valence-electron chi connectivity index (χ1n) is 7.75. The molecule has 2 saturated heterocycles. The second-order valence-electron chi connectivity index (χ2n) is 6.26. The van der Waals surface area contributed by atoms with E-state index in [1.165, 1.54) is 12.3 Å². The van der Waals surface area contributed by atoms with Crippen molar-refractivity contribution in [3.63, 3.8) is 0 Å². The van der Waals surface area contributed by atoms with Gasteiger partial charge in [0.15, 0.2) is 5.82 Å². The van der Waals surface area contributed by atoms with Crippen molar-refractivity contribution in [1.82, 2.24) is 19.7 Å². The topological polar surface area (TPSA) is 60.2 Å². The fourth-order valence-electron chi connectivity index (χ4n) is 3.20. The Labute approximate surface area is 143 Å². The lowest BCUT2D eigenvalue weighted by Crippen LogP contribution is -2.60. The molecular formula is C16H17FN4O2S. The highest BCUT2D eigenvalue weighted by molar-refractivity contribution is 8.01. The van der Waals surface area contributed by atoms with E-state index in [-0.39, 0.29) is 22.6 Å². The lowest BCUT2D eigenvalue weighted by molar-refractivity contribution is 0.0507. The minimum atomic E-state index is -0.441. The zero-order valence-corrected chi connectivity index (χ0v) is 14.0. The largest absolute Gasteiger partial charge is 0.471 e. The number of likely N-dealkylation sites (tertiary alicyclic amines) is 1. The van der Waals surface area contributed by atoms with Crippen molar-refractivity contribution in [3.8, 4) is 5.88 Å². The molecule has 1 unspecified atom stereocenters. The van der Waals surface area contributed by atoms with Crippen molar-refractivity contribution < 1.29 is 13.9 Å². The van der Waals surface area contributed by atoms with Crippen molar-refractivity contribution >= 4 is 17.7 Å². The van der Waals surface area contributed by atoms with Crippen LogP contribution >= 0.6 is 11.8 Å². The Hall–Kier alpha value is -2.09. The summed E-state index contributed by atoms with van der Waals surface area (Å²) in [5, 5.41) is 4.15. The van der Waals surface area contributed by atoms with Gasteiger partial charge in [-0.05, 0) is 18.2 Å². The predicted molar refractivity (Wildman–Crippen MR) is 87.5 cm³/mol. The molecule has 8 heteroatoms. The molecule has 0 bridgehead atoms. The van der Waals surface area contributed by atoms with Gasteiger partial charge in [-0.1, -0.05) is 0 Å². The van der Waals surface area contributed by atoms with Crippen molar-refractivity contribution in [1.29, 1.82) is 0 Å². The molecule has 2 aliphatic rings. The van der Waals surface area contributed by atoms with Gasteiger partial charge in [0.25, 0.3) is 11.8 Å². The molecule has 2 fully saturated rings.